The summed E-state index contributed by atoms with van der Waals surface area (Å²) in [6.45, 7) is 1.76. The van der Waals surface area contributed by atoms with Crippen LogP contribution < -0.4 is 4.74 Å². The standard InChI is InChI=1S/C11H9F3O2/c1-6-4-7-2-3-8(16-11(12,13)14)5-9(7)10(6)15/h2-3,5-6H,4H2,1H3/t6-/m1/s1. The lowest BCUT2D eigenvalue weighted by atomic mass is 10.1. The molecule has 0 radical (unpaired) electrons. The van der Waals surface area contributed by atoms with Crippen molar-refractivity contribution in [3.63, 3.8) is 0 Å². The SMILES string of the molecule is C[C@@H]1Cc2ccc(OC(F)(F)F)cc2C1=O. The van der Waals surface area contributed by atoms with Crippen molar-refractivity contribution in [1.82, 2.24) is 0 Å². The Morgan fingerprint density at radius 2 is 2.06 bits per heavy atom. The smallest absolute Gasteiger partial charge is 0.406 e. The van der Waals surface area contributed by atoms with Gasteiger partial charge in [-0.2, -0.15) is 0 Å². The number of benzene rings is 1. The molecule has 1 aromatic rings. The summed E-state index contributed by atoms with van der Waals surface area (Å²) in [6.07, 6.45) is -4.14. The molecule has 0 amide bonds. The molecule has 1 atom stereocenters. The van der Waals surface area contributed by atoms with E-state index in [-0.39, 0.29) is 17.5 Å². The van der Waals surface area contributed by atoms with Crippen LogP contribution in [0, 0.1) is 5.92 Å². The van der Waals surface area contributed by atoms with Gasteiger partial charge in [0.15, 0.2) is 5.78 Å². The minimum atomic E-state index is -4.72. The highest BCUT2D eigenvalue weighted by atomic mass is 19.4. The summed E-state index contributed by atoms with van der Waals surface area (Å²) < 4.78 is 39.6. The number of hydrogen-bond acceptors (Lipinski definition) is 2. The number of Topliss-reactive ketones (excluding diaryl/α,β-unsaturated/α-hetero) is 1. The van der Waals surface area contributed by atoms with E-state index in [0.717, 1.165) is 11.6 Å². The minimum Gasteiger partial charge on any atom is -0.406 e. The van der Waals surface area contributed by atoms with E-state index in [4.69, 9.17) is 0 Å². The van der Waals surface area contributed by atoms with Crippen molar-refractivity contribution in [2.75, 3.05) is 0 Å². The van der Waals surface area contributed by atoms with Crippen LogP contribution in [0.15, 0.2) is 18.2 Å². The number of alkyl halides is 3. The van der Waals surface area contributed by atoms with E-state index in [2.05, 4.69) is 4.74 Å². The summed E-state index contributed by atoms with van der Waals surface area (Å²) in [6, 6.07) is 3.91. The highest BCUT2D eigenvalue weighted by Gasteiger charge is 2.33. The first kappa shape index (κ1) is 11.0. The highest BCUT2D eigenvalue weighted by Crippen LogP contribution is 2.31. The normalized spacial score (nSPS) is 19.8. The number of halogens is 3. The number of ether oxygens (including phenoxy) is 1. The molecule has 1 aromatic carbocycles. The van der Waals surface area contributed by atoms with Crippen molar-refractivity contribution in [2.24, 2.45) is 5.92 Å². The van der Waals surface area contributed by atoms with Crippen LogP contribution in [0.4, 0.5) is 13.2 Å². The molecule has 0 saturated heterocycles. The van der Waals surface area contributed by atoms with E-state index in [9.17, 15) is 18.0 Å². The maximum atomic E-state index is 12.0. The lowest BCUT2D eigenvalue weighted by Gasteiger charge is -2.09. The molecule has 0 aliphatic heterocycles. The van der Waals surface area contributed by atoms with Crippen molar-refractivity contribution >= 4 is 5.78 Å². The molecule has 0 fully saturated rings. The molecule has 2 nitrogen and oxygen atoms in total. The third-order valence-electron chi connectivity index (χ3n) is 2.55. The van der Waals surface area contributed by atoms with Crippen LogP contribution in [0.1, 0.15) is 22.8 Å². The van der Waals surface area contributed by atoms with Crippen molar-refractivity contribution in [3.8, 4) is 5.75 Å². The molecule has 0 bridgehead atoms. The fourth-order valence-corrected chi connectivity index (χ4v) is 1.85. The van der Waals surface area contributed by atoms with E-state index in [1.165, 1.54) is 12.1 Å². The van der Waals surface area contributed by atoms with Crippen molar-refractivity contribution in [1.29, 1.82) is 0 Å². The van der Waals surface area contributed by atoms with Crippen LogP contribution in [-0.2, 0) is 6.42 Å². The monoisotopic (exact) mass is 230 g/mol. The number of rotatable bonds is 1. The van der Waals surface area contributed by atoms with Gasteiger partial charge in [-0.15, -0.1) is 13.2 Å². The Labute approximate surface area is 90.0 Å². The van der Waals surface area contributed by atoms with Crippen molar-refractivity contribution < 1.29 is 22.7 Å². The summed E-state index contributed by atoms with van der Waals surface area (Å²) in [5.74, 6) is -0.618. The molecule has 0 unspecified atom stereocenters. The lowest BCUT2D eigenvalue weighted by Crippen LogP contribution is -2.17. The van der Waals surface area contributed by atoms with E-state index in [1.54, 1.807) is 6.92 Å². The molecule has 0 aromatic heterocycles. The van der Waals surface area contributed by atoms with E-state index < -0.39 is 6.36 Å². The van der Waals surface area contributed by atoms with Gasteiger partial charge in [-0.05, 0) is 24.1 Å². The first-order valence-corrected chi connectivity index (χ1v) is 4.80. The van der Waals surface area contributed by atoms with E-state index in [1.807, 2.05) is 0 Å². The maximum Gasteiger partial charge on any atom is 0.573 e. The van der Waals surface area contributed by atoms with Crippen LogP contribution in [0.25, 0.3) is 0 Å². The fraction of sp³-hybridized carbons (Fsp3) is 0.364. The molecule has 0 saturated carbocycles. The lowest BCUT2D eigenvalue weighted by molar-refractivity contribution is -0.274. The van der Waals surface area contributed by atoms with E-state index in [0.29, 0.717) is 12.0 Å². The Balaban J connectivity index is 2.31. The maximum absolute atomic E-state index is 12.0. The van der Waals surface area contributed by atoms with Crippen LogP contribution in [0.3, 0.4) is 0 Å². The molecule has 16 heavy (non-hydrogen) atoms. The van der Waals surface area contributed by atoms with Crippen molar-refractivity contribution in [3.05, 3.63) is 29.3 Å². The van der Waals surface area contributed by atoms with Crippen LogP contribution in [-0.4, -0.2) is 12.1 Å². The van der Waals surface area contributed by atoms with Crippen LogP contribution in [0.5, 0.6) is 5.75 Å². The highest BCUT2D eigenvalue weighted by molar-refractivity contribution is 6.02. The van der Waals surface area contributed by atoms with Crippen molar-refractivity contribution in [2.45, 2.75) is 19.7 Å². The van der Waals surface area contributed by atoms with Gasteiger partial charge in [0, 0.05) is 11.5 Å². The second-order valence-electron chi connectivity index (χ2n) is 3.84. The Hall–Kier alpha value is -1.52. The Morgan fingerprint density at radius 3 is 2.69 bits per heavy atom. The zero-order valence-electron chi connectivity index (χ0n) is 8.47. The van der Waals surface area contributed by atoms with Gasteiger partial charge in [-0.3, -0.25) is 4.79 Å². The molecule has 0 heterocycles. The molecule has 5 heteroatoms. The summed E-state index contributed by atoms with van der Waals surface area (Å²) >= 11 is 0. The Kier molecular flexibility index (Phi) is 2.40. The molecule has 0 N–H and O–H groups in total. The molecule has 1 aliphatic rings. The number of carbonyl (C=O) groups is 1. The van der Waals surface area contributed by atoms with Gasteiger partial charge in [0.05, 0.1) is 0 Å². The molecular weight excluding hydrogens is 221 g/mol. The summed E-state index contributed by atoms with van der Waals surface area (Å²) in [7, 11) is 0. The molecule has 1 aliphatic carbocycles. The van der Waals surface area contributed by atoms with Crippen LogP contribution in [0.2, 0.25) is 0 Å². The Bertz CT molecular complexity index is 437. The summed E-state index contributed by atoms with van der Waals surface area (Å²) in [5, 5.41) is 0. The first-order valence-electron chi connectivity index (χ1n) is 4.80. The summed E-state index contributed by atoms with van der Waals surface area (Å²) in [4.78, 5) is 11.6. The fourth-order valence-electron chi connectivity index (χ4n) is 1.85. The second kappa shape index (κ2) is 3.50. The van der Waals surface area contributed by atoms with Gasteiger partial charge in [0.25, 0.3) is 0 Å². The predicted molar refractivity (Wildman–Crippen MR) is 50.3 cm³/mol. The average molecular weight is 230 g/mol. The number of ketones is 1. The van der Waals surface area contributed by atoms with Gasteiger partial charge in [0.1, 0.15) is 5.75 Å². The number of hydrogen-bond donors (Lipinski definition) is 0. The molecule has 0 spiro atoms. The minimum absolute atomic E-state index is 0.123. The van der Waals surface area contributed by atoms with Gasteiger partial charge >= 0.3 is 6.36 Å². The molecule has 86 valence electrons. The number of fused-ring (bicyclic) bond motifs is 1. The van der Waals surface area contributed by atoms with Gasteiger partial charge in [-0.25, -0.2) is 0 Å². The van der Waals surface area contributed by atoms with Gasteiger partial charge in [-0.1, -0.05) is 13.0 Å². The van der Waals surface area contributed by atoms with Crippen LogP contribution >= 0.6 is 0 Å². The quantitative estimate of drug-likeness (QED) is 0.741. The predicted octanol–water partition coefficient (Wildman–Crippen LogP) is 2.96. The zero-order valence-corrected chi connectivity index (χ0v) is 8.47. The van der Waals surface area contributed by atoms with Gasteiger partial charge < -0.3 is 4.74 Å². The third-order valence-corrected chi connectivity index (χ3v) is 2.55. The largest absolute Gasteiger partial charge is 0.573 e. The summed E-state index contributed by atoms with van der Waals surface area (Å²) in [5.41, 5.74) is 1.13. The molecule has 2 rings (SSSR count). The third kappa shape index (κ3) is 2.03. The second-order valence-corrected chi connectivity index (χ2v) is 3.84. The topological polar surface area (TPSA) is 26.3 Å². The van der Waals surface area contributed by atoms with E-state index >= 15 is 0 Å². The van der Waals surface area contributed by atoms with Gasteiger partial charge in [0.2, 0.25) is 0 Å². The Morgan fingerprint density at radius 1 is 1.38 bits per heavy atom. The number of carbonyl (C=O) groups excluding carboxylic acids is 1. The zero-order chi connectivity index (χ0) is 11.9. The first-order chi connectivity index (χ1) is 7.37. The molecular formula is C11H9F3O2. The average Bonchev–Trinajstić information content (AvgIpc) is 2.42.